The van der Waals surface area contributed by atoms with Crippen LogP contribution >= 0.6 is 0 Å². The number of halogens is 2. The first kappa shape index (κ1) is 27.4. The highest BCUT2D eigenvalue weighted by Gasteiger charge is 2.35. The van der Waals surface area contributed by atoms with Gasteiger partial charge in [0.1, 0.15) is 17.6 Å². The largest absolute Gasteiger partial charge is 0.492 e. The topological polar surface area (TPSA) is 68.3 Å². The van der Waals surface area contributed by atoms with Crippen LogP contribution in [0.2, 0.25) is 0 Å². The fraction of sp³-hybridized carbons (Fsp3) is 0.533. The van der Waals surface area contributed by atoms with Gasteiger partial charge in [-0.25, -0.2) is 8.78 Å². The van der Waals surface area contributed by atoms with E-state index < -0.39 is 5.92 Å². The summed E-state index contributed by atoms with van der Waals surface area (Å²) in [5.74, 6) is -1.81. The van der Waals surface area contributed by atoms with E-state index in [0.29, 0.717) is 75.7 Å². The fourth-order valence-electron chi connectivity index (χ4n) is 6.00. The maximum absolute atomic E-state index is 14.7. The van der Waals surface area contributed by atoms with Gasteiger partial charge in [-0.2, -0.15) is 0 Å². The number of hydrogen-bond acceptors (Lipinski definition) is 6. The third kappa shape index (κ3) is 5.73. The predicted octanol–water partition coefficient (Wildman–Crippen LogP) is 4.96. The molecule has 9 heteroatoms. The molecule has 1 aliphatic carbocycles. The zero-order valence-corrected chi connectivity index (χ0v) is 22.8. The number of fused-ring (bicyclic) bond motifs is 2. The summed E-state index contributed by atoms with van der Waals surface area (Å²) in [6.45, 7) is 6.21. The highest BCUT2D eigenvalue weighted by atomic mass is 19.3. The predicted molar refractivity (Wildman–Crippen MR) is 141 cm³/mol. The molecule has 0 bridgehead atoms. The summed E-state index contributed by atoms with van der Waals surface area (Å²) in [4.78, 5) is 27.8. The van der Waals surface area contributed by atoms with Crippen LogP contribution in [0.15, 0.2) is 30.3 Å². The quantitative estimate of drug-likeness (QED) is 0.440. The Bertz CT molecular complexity index is 1240. The van der Waals surface area contributed by atoms with Crippen molar-refractivity contribution >= 4 is 11.9 Å². The lowest BCUT2D eigenvalue weighted by Gasteiger charge is -2.35. The van der Waals surface area contributed by atoms with E-state index in [9.17, 15) is 18.4 Å². The average Bonchev–Trinajstić information content (AvgIpc) is 3.52. The number of benzene rings is 2. The molecule has 0 unspecified atom stereocenters. The summed E-state index contributed by atoms with van der Waals surface area (Å²) < 4.78 is 46.4. The smallest absolute Gasteiger partial charge is 0.306 e. The van der Waals surface area contributed by atoms with E-state index in [4.69, 9.17) is 14.2 Å². The number of carbonyl (C=O) groups is 2. The van der Waals surface area contributed by atoms with Crippen molar-refractivity contribution in [3.05, 3.63) is 58.1 Å². The third-order valence-electron chi connectivity index (χ3n) is 8.14. The summed E-state index contributed by atoms with van der Waals surface area (Å²) in [7, 11) is 1.38. The number of nitrogens with zero attached hydrogens (tertiary/aromatic N) is 2. The van der Waals surface area contributed by atoms with Crippen LogP contribution in [0.1, 0.15) is 72.9 Å². The number of amides is 1. The van der Waals surface area contributed by atoms with Crippen molar-refractivity contribution < 1.29 is 32.6 Å². The number of methoxy groups -OCH3 is 1. The van der Waals surface area contributed by atoms with Gasteiger partial charge in [-0.15, -0.1) is 0 Å². The highest BCUT2D eigenvalue weighted by Crippen LogP contribution is 2.44. The lowest BCUT2D eigenvalue weighted by atomic mass is 9.93. The molecule has 2 heterocycles. The van der Waals surface area contributed by atoms with Crippen molar-refractivity contribution in [2.45, 2.75) is 64.0 Å². The molecule has 2 aromatic rings. The van der Waals surface area contributed by atoms with E-state index in [1.807, 2.05) is 30.0 Å². The fourth-order valence-corrected chi connectivity index (χ4v) is 6.00. The molecular formula is C30H36F2N2O5. The first-order valence-electron chi connectivity index (χ1n) is 13.7. The Hall–Kier alpha value is -3.20. The highest BCUT2D eigenvalue weighted by molar-refractivity contribution is 5.75. The van der Waals surface area contributed by atoms with Crippen LogP contribution in [0, 0.1) is 0 Å². The first-order valence-corrected chi connectivity index (χ1v) is 13.7. The van der Waals surface area contributed by atoms with Gasteiger partial charge in [-0.05, 0) is 35.6 Å². The zero-order valence-electron chi connectivity index (χ0n) is 22.8. The van der Waals surface area contributed by atoms with E-state index in [-0.39, 0.29) is 35.9 Å². The second kappa shape index (κ2) is 11.1. The Kier molecular flexibility index (Phi) is 7.80. The van der Waals surface area contributed by atoms with Gasteiger partial charge in [-0.1, -0.05) is 25.1 Å². The number of esters is 1. The van der Waals surface area contributed by atoms with Gasteiger partial charge in [0, 0.05) is 69.2 Å². The number of ether oxygens (including phenoxy) is 3. The molecule has 2 aromatic carbocycles. The molecule has 1 amide bonds. The van der Waals surface area contributed by atoms with E-state index >= 15 is 0 Å². The van der Waals surface area contributed by atoms with E-state index in [1.165, 1.54) is 7.11 Å². The number of alkyl halides is 2. The molecule has 1 saturated heterocycles. The lowest BCUT2D eigenvalue weighted by Crippen LogP contribution is -2.48. The molecule has 0 N–H and O–H groups in total. The zero-order chi connectivity index (χ0) is 27.7. The van der Waals surface area contributed by atoms with Crippen molar-refractivity contribution in [3.63, 3.8) is 0 Å². The number of carbonyl (C=O) groups excluding carboxylic acids is 2. The normalized spacial score (nSPS) is 20.8. The molecule has 0 aromatic heterocycles. The summed E-state index contributed by atoms with van der Waals surface area (Å²) in [6, 6.07) is 8.99. The Morgan fingerprint density at radius 1 is 1.10 bits per heavy atom. The number of rotatable bonds is 8. The van der Waals surface area contributed by atoms with Crippen LogP contribution in [-0.4, -0.2) is 61.6 Å². The SMILES string of the molecule is CCC(=O)N1CCN(Cc2c(C(C)(F)F)ccc3c2CC[C@H]3Oc2ccc3c(c2)OC[C@H]3CC(=O)OC)CC1. The summed E-state index contributed by atoms with van der Waals surface area (Å²) in [5, 5.41) is 0. The van der Waals surface area contributed by atoms with Crippen LogP contribution in [0.25, 0.3) is 0 Å². The molecule has 210 valence electrons. The molecule has 39 heavy (non-hydrogen) atoms. The molecule has 5 rings (SSSR count). The third-order valence-corrected chi connectivity index (χ3v) is 8.14. The van der Waals surface area contributed by atoms with Crippen molar-refractivity contribution in [2.24, 2.45) is 0 Å². The Labute approximate surface area is 228 Å². The molecule has 2 aliphatic heterocycles. The monoisotopic (exact) mass is 542 g/mol. The molecule has 3 aliphatic rings. The molecule has 0 spiro atoms. The van der Waals surface area contributed by atoms with Crippen molar-refractivity contribution in [1.82, 2.24) is 9.80 Å². The average molecular weight is 543 g/mol. The minimum Gasteiger partial charge on any atom is -0.492 e. The Morgan fingerprint density at radius 3 is 2.54 bits per heavy atom. The van der Waals surface area contributed by atoms with Gasteiger partial charge in [-0.3, -0.25) is 14.5 Å². The van der Waals surface area contributed by atoms with Gasteiger partial charge >= 0.3 is 5.97 Å². The lowest BCUT2D eigenvalue weighted by molar-refractivity contribution is -0.141. The first-order chi connectivity index (χ1) is 18.7. The molecule has 7 nitrogen and oxygen atoms in total. The molecule has 1 fully saturated rings. The van der Waals surface area contributed by atoms with Crippen LogP contribution in [0.4, 0.5) is 8.78 Å². The minimum atomic E-state index is -2.96. The van der Waals surface area contributed by atoms with Gasteiger partial charge in [0.05, 0.1) is 20.1 Å². The molecule has 0 saturated carbocycles. The maximum atomic E-state index is 14.7. The van der Waals surface area contributed by atoms with Gasteiger partial charge in [0.15, 0.2) is 0 Å². The van der Waals surface area contributed by atoms with E-state index in [0.717, 1.165) is 23.6 Å². The van der Waals surface area contributed by atoms with E-state index in [2.05, 4.69) is 4.90 Å². The Balaban J connectivity index is 1.34. The second-order valence-electron chi connectivity index (χ2n) is 10.7. The van der Waals surface area contributed by atoms with Crippen molar-refractivity contribution in [2.75, 3.05) is 39.9 Å². The summed E-state index contributed by atoms with van der Waals surface area (Å²) in [5.41, 5.74) is 3.60. The van der Waals surface area contributed by atoms with Gasteiger partial charge in [0.2, 0.25) is 5.91 Å². The van der Waals surface area contributed by atoms with Crippen LogP contribution in [0.3, 0.4) is 0 Å². The second-order valence-corrected chi connectivity index (χ2v) is 10.7. The van der Waals surface area contributed by atoms with Crippen LogP contribution in [0.5, 0.6) is 11.5 Å². The van der Waals surface area contributed by atoms with E-state index in [1.54, 1.807) is 12.1 Å². The Morgan fingerprint density at radius 2 is 1.85 bits per heavy atom. The van der Waals surface area contributed by atoms with Crippen molar-refractivity contribution in [3.8, 4) is 11.5 Å². The standard InChI is InChI=1S/C30H36F2N2O5/c1-4-28(35)34-13-11-33(12-14-34)17-24-22-8-10-26(23(22)7-9-25(24)30(2,31)32)39-20-5-6-21-19(15-29(36)37-3)18-38-27(21)16-20/h5-7,9,16,19,26H,4,8,10-15,17-18H2,1-3H3/t19-,26-/m1/s1. The minimum absolute atomic E-state index is 0.0487. The van der Waals surface area contributed by atoms with Gasteiger partial charge in [0.25, 0.3) is 5.92 Å². The van der Waals surface area contributed by atoms with Gasteiger partial charge < -0.3 is 19.1 Å². The molecule has 0 radical (unpaired) electrons. The maximum Gasteiger partial charge on any atom is 0.306 e. The molecular weight excluding hydrogens is 506 g/mol. The molecule has 2 atom stereocenters. The summed E-state index contributed by atoms with van der Waals surface area (Å²) in [6.07, 6.45) is 1.85. The number of piperazine rings is 1. The number of hydrogen-bond donors (Lipinski definition) is 0. The van der Waals surface area contributed by atoms with Crippen molar-refractivity contribution in [1.29, 1.82) is 0 Å². The summed E-state index contributed by atoms with van der Waals surface area (Å²) >= 11 is 0. The van der Waals surface area contributed by atoms with Crippen LogP contribution in [-0.2, 0) is 33.2 Å². The van der Waals surface area contributed by atoms with Crippen LogP contribution < -0.4 is 9.47 Å².